The lowest BCUT2D eigenvalue weighted by Crippen LogP contribution is -2.11. The third kappa shape index (κ3) is 2.32. The van der Waals surface area contributed by atoms with Gasteiger partial charge in [0, 0.05) is 18.3 Å². The molecule has 0 saturated carbocycles. The second-order valence-electron chi connectivity index (χ2n) is 4.30. The molecule has 92 valence electrons. The van der Waals surface area contributed by atoms with Crippen LogP contribution in [-0.2, 0) is 6.42 Å². The fourth-order valence-electron chi connectivity index (χ4n) is 2.42. The zero-order valence-electron chi connectivity index (χ0n) is 10.5. The first-order valence-electron chi connectivity index (χ1n) is 6.33. The summed E-state index contributed by atoms with van der Waals surface area (Å²) in [5.74, 6) is 1.75. The Morgan fingerprint density at radius 1 is 1.24 bits per heavy atom. The van der Waals surface area contributed by atoms with Gasteiger partial charge < -0.3 is 4.57 Å². The molecule has 0 aliphatic rings. The van der Waals surface area contributed by atoms with Gasteiger partial charge in [0.15, 0.2) is 0 Å². The van der Waals surface area contributed by atoms with Gasteiger partial charge >= 0.3 is 0 Å². The van der Waals surface area contributed by atoms with Crippen molar-refractivity contribution in [2.75, 3.05) is 5.88 Å². The molecule has 2 nitrogen and oxygen atoms in total. The summed E-state index contributed by atoms with van der Waals surface area (Å²) in [6.07, 6.45) is 3.10. The van der Waals surface area contributed by atoms with Crippen LogP contribution in [0.4, 0.5) is 0 Å². The second kappa shape index (κ2) is 5.54. The number of nitrogens with zero attached hydrogens (tertiary/aromatic N) is 2. The predicted molar refractivity (Wildman–Crippen MR) is 73.8 cm³/mol. The van der Waals surface area contributed by atoms with Gasteiger partial charge in [0.05, 0.1) is 11.0 Å². The van der Waals surface area contributed by atoms with Crippen molar-refractivity contribution in [2.45, 2.75) is 39.2 Å². The number of alkyl halides is 1. The summed E-state index contributed by atoms with van der Waals surface area (Å²) in [5, 5.41) is 0. The summed E-state index contributed by atoms with van der Waals surface area (Å²) in [6.45, 7) is 4.46. The third-order valence-corrected chi connectivity index (χ3v) is 3.48. The Hall–Kier alpha value is -1.02. The molecule has 0 aliphatic carbocycles. The monoisotopic (exact) mass is 250 g/mol. The molecule has 0 fully saturated rings. The van der Waals surface area contributed by atoms with Crippen molar-refractivity contribution in [1.29, 1.82) is 0 Å². The maximum atomic E-state index is 5.87. The van der Waals surface area contributed by atoms with Crippen molar-refractivity contribution in [3.8, 4) is 0 Å². The lowest BCUT2D eigenvalue weighted by molar-refractivity contribution is 0.468. The van der Waals surface area contributed by atoms with Gasteiger partial charge in [-0.3, -0.25) is 0 Å². The van der Waals surface area contributed by atoms with Gasteiger partial charge in [-0.25, -0.2) is 4.98 Å². The number of aromatic nitrogens is 2. The summed E-state index contributed by atoms with van der Waals surface area (Å²) < 4.78 is 2.37. The maximum absolute atomic E-state index is 5.87. The zero-order chi connectivity index (χ0) is 12.3. The van der Waals surface area contributed by atoms with Crippen LogP contribution in [0.3, 0.4) is 0 Å². The van der Waals surface area contributed by atoms with Gasteiger partial charge in [0.2, 0.25) is 0 Å². The van der Waals surface area contributed by atoms with Gasteiger partial charge in [-0.1, -0.05) is 26.0 Å². The van der Waals surface area contributed by atoms with Crippen LogP contribution in [0.2, 0.25) is 0 Å². The molecule has 0 saturated heterocycles. The Bertz CT molecular complexity index is 486. The minimum Gasteiger partial charge on any atom is -0.325 e. The third-order valence-electron chi connectivity index (χ3n) is 3.29. The quantitative estimate of drug-likeness (QED) is 0.728. The van der Waals surface area contributed by atoms with Crippen molar-refractivity contribution in [1.82, 2.24) is 9.55 Å². The number of fused-ring (bicyclic) bond motifs is 1. The number of hydrogen-bond acceptors (Lipinski definition) is 1. The van der Waals surface area contributed by atoms with Gasteiger partial charge in [-0.05, 0) is 25.0 Å². The summed E-state index contributed by atoms with van der Waals surface area (Å²) >= 11 is 5.87. The first kappa shape index (κ1) is 12.4. The number of imidazole rings is 1. The second-order valence-corrected chi connectivity index (χ2v) is 4.67. The molecule has 2 rings (SSSR count). The lowest BCUT2D eigenvalue weighted by Gasteiger charge is -2.18. The molecule has 1 heterocycles. The van der Waals surface area contributed by atoms with Crippen LogP contribution in [0.15, 0.2) is 24.3 Å². The molecule has 0 amide bonds. The predicted octanol–water partition coefficient (Wildman–Crippen LogP) is 4.18. The topological polar surface area (TPSA) is 17.8 Å². The first-order valence-corrected chi connectivity index (χ1v) is 6.87. The average Bonchev–Trinajstić information content (AvgIpc) is 2.71. The molecule has 1 aromatic carbocycles. The van der Waals surface area contributed by atoms with Crippen LogP contribution < -0.4 is 0 Å². The van der Waals surface area contributed by atoms with E-state index in [1.165, 1.54) is 5.52 Å². The summed E-state index contributed by atoms with van der Waals surface area (Å²) in [6, 6.07) is 8.87. The fraction of sp³-hybridized carbons (Fsp3) is 0.500. The standard InChI is InChI=1S/C14H19ClN2/c1-3-11(4-2)17-13-8-6-5-7-12(13)16-14(17)9-10-15/h5-8,11H,3-4,9-10H2,1-2H3. The smallest absolute Gasteiger partial charge is 0.111 e. The Morgan fingerprint density at radius 3 is 2.59 bits per heavy atom. The molecule has 0 bridgehead atoms. The van der Waals surface area contributed by atoms with Crippen LogP contribution in [0.25, 0.3) is 11.0 Å². The number of rotatable bonds is 5. The molecule has 2 aromatic rings. The molecular formula is C14H19ClN2. The van der Waals surface area contributed by atoms with Crippen LogP contribution in [0.1, 0.15) is 38.6 Å². The normalized spacial score (nSPS) is 11.5. The average molecular weight is 251 g/mol. The van der Waals surface area contributed by atoms with E-state index >= 15 is 0 Å². The highest BCUT2D eigenvalue weighted by Gasteiger charge is 2.15. The molecule has 0 unspecified atom stereocenters. The van der Waals surface area contributed by atoms with E-state index in [2.05, 4.69) is 36.6 Å². The number of halogens is 1. The Balaban J connectivity index is 2.58. The van der Waals surface area contributed by atoms with Crippen molar-refractivity contribution < 1.29 is 0 Å². The zero-order valence-corrected chi connectivity index (χ0v) is 11.2. The van der Waals surface area contributed by atoms with E-state index in [1.54, 1.807) is 0 Å². The number of hydrogen-bond donors (Lipinski definition) is 0. The molecule has 1 aromatic heterocycles. The number of para-hydroxylation sites is 2. The van der Waals surface area contributed by atoms with Crippen molar-refractivity contribution in [3.05, 3.63) is 30.1 Å². The van der Waals surface area contributed by atoms with Crippen LogP contribution in [0, 0.1) is 0 Å². The van der Waals surface area contributed by atoms with E-state index in [4.69, 9.17) is 16.6 Å². The van der Waals surface area contributed by atoms with Gasteiger partial charge in [-0.2, -0.15) is 0 Å². The van der Waals surface area contributed by atoms with Gasteiger partial charge in [0.25, 0.3) is 0 Å². The minimum atomic E-state index is 0.528. The van der Waals surface area contributed by atoms with E-state index < -0.39 is 0 Å². The molecule has 0 atom stereocenters. The molecule has 0 radical (unpaired) electrons. The van der Waals surface area contributed by atoms with Crippen molar-refractivity contribution in [2.24, 2.45) is 0 Å². The molecule has 0 aliphatic heterocycles. The van der Waals surface area contributed by atoms with E-state index in [-0.39, 0.29) is 0 Å². The van der Waals surface area contributed by atoms with E-state index in [0.717, 1.165) is 30.6 Å². The molecule has 17 heavy (non-hydrogen) atoms. The number of benzene rings is 1. The Kier molecular flexibility index (Phi) is 4.06. The summed E-state index contributed by atoms with van der Waals surface area (Å²) in [7, 11) is 0. The fourth-order valence-corrected chi connectivity index (χ4v) is 2.59. The molecule has 0 N–H and O–H groups in total. The molecule has 3 heteroatoms. The Morgan fingerprint density at radius 2 is 1.94 bits per heavy atom. The van der Waals surface area contributed by atoms with Crippen LogP contribution in [0.5, 0.6) is 0 Å². The summed E-state index contributed by atoms with van der Waals surface area (Å²) in [4.78, 5) is 4.70. The van der Waals surface area contributed by atoms with Crippen LogP contribution >= 0.6 is 11.6 Å². The van der Waals surface area contributed by atoms with E-state index in [9.17, 15) is 0 Å². The first-order chi connectivity index (χ1) is 8.31. The lowest BCUT2D eigenvalue weighted by atomic mass is 10.1. The largest absolute Gasteiger partial charge is 0.325 e. The minimum absolute atomic E-state index is 0.528. The summed E-state index contributed by atoms with van der Waals surface area (Å²) in [5.41, 5.74) is 2.32. The highest BCUT2D eigenvalue weighted by molar-refractivity contribution is 6.17. The highest BCUT2D eigenvalue weighted by Crippen LogP contribution is 2.25. The van der Waals surface area contributed by atoms with Crippen molar-refractivity contribution in [3.63, 3.8) is 0 Å². The Labute approximate surface area is 108 Å². The van der Waals surface area contributed by atoms with Gasteiger partial charge in [0.1, 0.15) is 5.82 Å². The van der Waals surface area contributed by atoms with Crippen LogP contribution in [-0.4, -0.2) is 15.4 Å². The highest BCUT2D eigenvalue weighted by atomic mass is 35.5. The van der Waals surface area contributed by atoms with Crippen molar-refractivity contribution >= 4 is 22.6 Å². The van der Waals surface area contributed by atoms with E-state index in [1.807, 2.05) is 6.07 Å². The van der Waals surface area contributed by atoms with E-state index in [0.29, 0.717) is 11.9 Å². The molecule has 0 spiro atoms. The maximum Gasteiger partial charge on any atom is 0.111 e. The SMILES string of the molecule is CCC(CC)n1c(CCCl)nc2ccccc21. The molecular weight excluding hydrogens is 232 g/mol. The number of aryl methyl sites for hydroxylation is 1. The van der Waals surface area contributed by atoms with Gasteiger partial charge in [-0.15, -0.1) is 11.6 Å².